The number of carbonyl (C=O) groups is 1. The molecule has 1 amide bonds. The SMILES string of the molecule is Cc1nnsc1C(=O)NCC(C)(O)c1ccco1. The van der Waals surface area contributed by atoms with Crippen molar-refractivity contribution in [3.63, 3.8) is 0 Å². The highest BCUT2D eigenvalue weighted by atomic mass is 32.1. The molecule has 0 spiro atoms. The number of aromatic nitrogens is 2. The van der Waals surface area contributed by atoms with Crippen LogP contribution in [0.5, 0.6) is 0 Å². The van der Waals surface area contributed by atoms with Crippen molar-refractivity contribution in [2.24, 2.45) is 0 Å². The van der Waals surface area contributed by atoms with Crippen molar-refractivity contribution in [1.29, 1.82) is 0 Å². The van der Waals surface area contributed by atoms with E-state index in [0.717, 1.165) is 11.5 Å². The number of aryl methyl sites for hydroxylation is 1. The summed E-state index contributed by atoms with van der Waals surface area (Å²) in [5.41, 5.74) is -0.666. The predicted molar refractivity (Wildman–Crippen MR) is 65.3 cm³/mol. The Balaban J connectivity index is 2.00. The molecule has 2 aromatic heterocycles. The molecule has 0 bridgehead atoms. The molecule has 18 heavy (non-hydrogen) atoms. The van der Waals surface area contributed by atoms with Gasteiger partial charge >= 0.3 is 0 Å². The highest BCUT2D eigenvalue weighted by Crippen LogP contribution is 2.20. The Morgan fingerprint density at radius 2 is 2.44 bits per heavy atom. The Labute approximate surface area is 108 Å². The van der Waals surface area contributed by atoms with Crippen molar-refractivity contribution >= 4 is 17.4 Å². The van der Waals surface area contributed by atoms with Gasteiger partial charge in [-0.3, -0.25) is 4.79 Å². The molecule has 0 aliphatic heterocycles. The minimum atomic E-state index is -1.24. The lowest BCUT2D eigenvalue weighted by atomic mass is 10.0. The maximum atomic E-state index is 11.8. The maximum Gasteiger partial charge on any atom is 0.265 e. The molecule has 7 heteroatoms. The normalized spacial score (nSPS) is 14.2. The third-order valence-electron chi connectivity index (χ3n) is 2.50. The molecule has 1 unspecified atom stereocenters. The van der Waals surface area contributed by atoms with Crippen molar-refractivity contribution in [1.82, 2.24) is 14.9 Å². The molecular formula is C11H13N3O3S. The van der Waals surface area contributed by atoms with Gasteiger partial charge in [-0.2, -0.15) is 0 Å². The molecule has 2 rings (SSSR count). The van der Waals surface area contributed by atoms with Gasteiger partial charge in [-0.15, -0.1) is 5.10 Å². The lowest BCUT2D eigenvalue weighted by Crippen LogP contribution is -2.38. The van der Waals surface area contributed by atoms with E-state index >= 15 is 0 Å². The Morgan fingerprint density at radius 1 is 1.67 bits per heavy atom. The molecule has 0 saturated carbocycles. The molecule has 1 atom stereocenters. The molecular weight excluding hydrogens is 254 g/mol. The van der Waals surface area contributed by atoms with Crippen molar-refractivity contribution in [3.05, 3.63) is 34.7 Å². The summed E-state index contributed by atoms with van der Waals surface area (Å²) in [6, 6.07) is 3.34. The number of nitrogens with one attached hydrogen (secondary N) is 1. The summed E-state index contributed by atoms with van der Waals surface area (Å²) in [5.74, 6) is 0.108. The van der Waals surface area contributed by atoms with Crippen molar-refractivity contribution in [3.8, 4) is 0 Å². The Bertz CT molecular complexity index is 533. The van der Waals surface area contributed by atoms with Crippen LogP contribution in [-0.4, -0.2) is 27.1 Å². The molecule has 0 radical (unpaired) electrons. The van der Waals surface area contributed by atoms with E-state index in [1.54, 1.807) is 26.0 Å². The molecule has 0 aliphatic rings. The van der Waals surface area contributed by atoms with Crippen LogP contribution in [0.4, 0.5) is 0 Å². The number of furan rings is 1. The highest BCUT2D eigenvalue weighted by molar-refractivity contribution is 7.07. The van der Waals surface area contributed by atoms with Crippen LogP contribution in [0.3, 0.4) is 0 Å². The van der Waals surface area contributed by atoms with E-state index < -0.39 is 5.60 Å². The number of carbonyl (C=O) groups excluding carboxylic acids is 1. The summed E-state index contributed by atoms with van der Waals surface area (Å²) in [7, 11) is 0. The van der Waals surface area contributed by atoms with Crippen LogP contribution >= 0.6 is 11.5 Å². The first kappa shape index (κ1) is 12.7. The van der Waals surface area contributed by atoms with Gasteiger partial charge in [-0.05, 0) is 37.5 Å². The molecule has 2 N–H and O–H groups in total. The third-order valence-corrected chi connectivity index (χ3v) is 3.33. The van der Waals surface area contributed by atoms with Crippen LogP contribution in [0.25, 0.3) is 0 Å². The van der Waals surface area contributed by atoms with Gasteiger partial charge < -0.3 is 14.8 Å². The Hall–Kier alpha value is -1.73. The first-order valence-electron chi connectivity index (χ1n) is 5.34. The van der Waals surface area contributed by atoms with Crippen molar-refractivity contribution < 1.29 is 14.3 Å². The van der Waals surface area contributed by atoms with Crippen LogP contribution in [0, 0.1) is 6.92 Å². The topological polar surface area (TPSA) is 88.2 Å². The Kier molecular flexibility index (Phi) is 3.44. The monoisotopic (exact) mass is 267 g/mol. The van der Waals surface area contributed by atoms with Crippen LogP contribution in [0.2, 0.25) is 0 Å². The largest absolute Gasteiger partial charge is 0.466 e. The van der Waals surface area contributed by atoms with E-state index in [-0.39, 0.29) is 12.5 Å². The molecule has 0 aromatic carbocycles. The third kappa shape index (κ3) is 2.57. The average Bonchev–Trinajstić information content (AvgIpc) is 2.96. The number of rotatable bonds is 4. The van der Waals surface area contributed by atoms with Gasteiger partial charge in [0.1, 0.15) is 16.2 Å². The minimum absolute atomic E-state index is 0.0523. The summed E-state index contributed by atoms with van der Waals surface area (Å²) in [6.07, 6.45) is 1.48. The van der Waals surface area contributed by atoms with Gasteiger partial charge in [0.2, 0.25) is 0 Å². The summed E-state index contributed by atoms with van der Waals surface area (Å²) < 4.78 is 8.81. The van der Waals surface area contributed by atoms with Gasteiger partial charge in [0.15, 0.2) is 0 Å². The van der Waals surface area contributed by atoms with Crippen molar-refractivity contribution in [2.75, 3.05) is 6.54 Å². The van der Waals surface area contributed by atoms with E-state index in [1.807, 2.05) is 0 Å². The second kappa shape index (κ2) is 4.87. The fourth-order valence-corrected chi connectivity index (χ4v) is 2.02. The second-order valence-electron chi connectivity index (χ2n) is 4.12. The highest BCUT2D eigenvalue weighted by Gasteiger charge is 2.27. The number of amides is 1. The van der Waals surface area contributed by atoms with Gasteiger partial charge in [0.05, 0.1) is 18.5 Å². The van der Waals surface area contributed by atoms with Gasteiger partial charge in [-0.25, -0.2) is 0 Å². The zero-order valence-electron chi connectivity index (χ0n) is 10.0. The first-order chi connectivity index (χ1) is 8.50. The molecule has 0 saturated heterocycles. The van der Waals surface area contributed by atoms with Crippen molar-refractivity contribution in [2.45, 2.75) is 19.4 Å². The zero-order chi connectivity index (χ0) is 13.2. The maximum absolute atomic E-state index is 11.8. The van der Waals surface area contributed by atoms with Gasteiger partial charge in [0, 0.05) is 0 Å². The second-order valence-corrected chi connectivity index (χ2v) is 4.88. The summed E-state index contributed by atoms with van der Waals surface area (Å²) >= 11 is 1.03. The van der Waals surface area contributed by atoms with Crippen LogP contribution in [-0.2, 0) is 5.60 Å². The van der Waals surface area contributed by atoms with Gasteiger partial charge in [0.25, 0.3) is 5.91 Å². The average molecular weight is 267 g/mol. The molecule has 6 nitrogen and oxygen atoms in total. The van der Waals surface area contributed by atoms with E-state index in [2.05, 4.69) is 14.9 Å². The fourth-order valence-electron chi connectivity index (χ4n) is 1.44. The lowest BCUT2D eigenvalue weighted by molar-refractivity contribution is 0.0331. The number of hydrogen-bond donors (Lipinski definition) is 2. The summed E-state index contributed by atoms with van der Waals surface area (Å²) in [6.45, 7) is 3.34. The number of nitrogens with zero attached hydrogens (tertiary/aromatic N) is 2. The summed E-state index contributed by atoms with van der Waals surface area (Å²) in [5, 5.41) is 16.5. The fraction of sp³-hybridized carbons (Fsp3) is 0.364. The van der Waals surface area contributed by atoms with Crippen LogP contribution in [0.15, 0.2) is 22.8 Å². The smallest absolute Gasteiger partial charge is 0.265 e. The number of hydrogen-bond acceptors (Lipinski definition) is 6. The van der Waals surface area contributed by atoms with E-state index in [9.17, 15) is 9.90 Å². The number of aliphatic hydroxyl groups is 1. The molecule has 0 aliphatic carbocycles. The first-order valence-corrected chi connectivity index (χ1v) is 6.11. The zero-order valence-corrected chi connectivity index (χ0v) is 10.8. The molecule has 0 fully saturated rings. The minimum Gasteiger partial charge on any atom is -0.466 e. The molecule has 96 valence electrons. The lowest BCUT2D eigenvalue weighted by Gasteiger charge is -2.20. The quantitative estimate of drug-likeness (QED) is 0.865. The Morgan fingerprint density at radius 3 is 3.00 bits per heavy atom. The van der Waals surface area contributed by atoms with E-state index in [0.29, 0.717) is 16.3 Å². The van der Waals surface area contributed by atoms with E-state index in [1.165, 1.54) is 6.26 Å². The predicted octanol–water partition coefficient (Wildman–Crippen LogP) is 1.08. The van der Waals surface area contributed by atoms with Gasteiger partial charge in [-0.1, -0.05) is 4.49 Å². The molecule has 2 heterocycles. The van der Waals surface area contributed by atoms with E-state index in [4.69, 9.17) is 4.42 Å². The van der Waals surface area contributed by atoms with Crippen LogP contribution < -0.4 is 5.32 Å². The molecule has 2 aromatic rings. The van der Waals surface area contributed by atoms with Crippen LogP contribution in [0.1, 0.15) is 28.0 Å². The standard InChI is InChI=1S/C11H13N3O3S/c1-7-9(18-14-13-7)10(15)12-6-11(2,16)8-4-3-5-17-8/h3-5,16H,6H2,1-2H3,(H,12,15). The summed E-state index contributed by atoms with van der Waals surface area (Å²) in [4.78, 5) is 12.3.